The third-order valence-electron chi connectivity index (χ3n) is 16.6. The number of likely N-dealkylation sites (tertiary alicyclic amines) is 1. The summed E-state index contributed by atoms with van der Waals surface area (Å²) in [7, 11) is 0. The molecule has 2 aromatic carbocycles. The van der Waals surface area contributed by atoms with Gasteiger partial charge in [0.2, 0.25) is 11.8 Å². The Kier molecular flexibility index (Phi) is 21.4. The van der Waals surface area contributed by atoms with E-state index in [1.54, 1.807) is 50.3 Å². The van der Waals surface area contributed by atoms with Gasteiger partial charge in [0, 0.05) is 165 Å². The predicted molar refractivity (Wildman–Crippen MR) is 338 cm³/mol. The molecule has 10 rings (SSSR count). The molecule has 0 spiro atoms. The molecule has 24 heteroatoms. The fourth-order valence-corrected chi connectivity index (χ4v) is 12.3. The molecule has 4 aliphatic rings. The molecule has 2 saturated heterocycles. The van der Waals surface area contributed by atoms with E-state index in [0.29, 0.717) is 68.2 Å². The van der Waals surface area contributed by atoms with Crippen molar-refractivity contribution in [3.05, 3.63) is 176 Å². The fraction of sp³-hybridized carbons (Fsp3) is 0.493. The van der Waals surface area contributed by atoms with Crippen LogP contribution in [0, 0.1) is 35.1 Å². The highest BCUT2D eigenvalue weighted by molar-refractivity contribution is 6.18. The van der Waals surface area contributed by atoms with Crippen molar-refractivity contribution in [2.45, 2.75) is 155 Å². The Hall–Kier alpha value is -8.05. The zero-order chi connectivity index (χ0) is 66.5. The van der Waals surface area contributed by atoms with E-state index in [-0.39, 0.29) is 96.1 Å². The second-order valence-electron chi connectivity index (χ2n) is 27.2. The van der Waals surface area contributed by atoms with Crippen molar-refractivity contribution in [1.82, 2.24) is 44.2 Å². The van der Waals surface area contributed by atoms with Crippen LogP contribution in [0.4, 0.5) is 38.5 Å². The number of carbonyl (C=O) groups is 4. The standard InChI is InChI=1S/C34H41F2N5O4.C29H37ClF2N4O3.C4H4N2O/c1-21-12-23(24(18-39-11-7-10-37-31(39)43)19-40(21)32(44)45-33(2,3)4)14-30(42)41-20-34(5,6)27-17-38-26(16-29(27)41)13-22-8-9-25(35)15-28(22)36;1-18-14-34(22(12-30)15-35(18)27(38)39-28(2,3)4)16-26(37)36-17-29(5,6)23-13-33-21(11-25(23)36)9-19-7-8-20(31)10-24(19)32;7-4-5-2-1-3-6-4/h7-11,15-17,21,23-24H,12-14,18-20H2,1-6H3;7-8,10-11,13,18,22H,9,12,14-17H2,1-6H3;1-3H,(H,5,6,7)/t21-,23?,24+;18-,22+;/m11./s1. The number of pyridine rings is 2. The highest BCUT2D eigenvalue weighted by atomic mass is 35.5. The topological polar surface area (TPSA) is 209 Å². The summed E-state index contributed by atoms with van der Waals surface area (Å²) in [4.78, 5) is 104. The first-order valence-corrected chi connectivity index (χ1v) is 31.0. The summed E-state index contributed by atoms with van der Waals surface area (Å²) in [6.07, 6.45) is 9.89. The molecule has 4 amide bonds. The zero-order valence-corrected chi connectivity index (χ0v) is 54.5. The van der Waals surface area contributed by atoms with Gasteiger partial charge in [-0.15, -0.1) is 11.6 Å². The van der Waals surface area contributed by atoms with E-state index in [0.717, 1.165) is 34.6 Å². The average molecular weight is 1280 g/mol. The number of amides is 4. The number of fused-ring (bicyclic) bond motifs is 2. The van der Waals surface area contributed by atoms with Gasteiger partial charge in [0.05, 0.1) is 17.9 Å². The fourth-order valence-electron chi connectivity index (χ4n) is 12.0. The Bertz CT molecular complexity index is 3720. The highest BCUT2D eigenvalue weighted by Gasteiger charge is 2.45. The van der Waals surface area contributed by atoms with E-state index in [1.165, 1.54) is 47.4 Å². The minimum absolute atomic E-state index is 0.0709. The molecule has 0 radical (unpaired) electrons. The number of alkyl halides is 1. The summed E-state index contributed by atoms with van der Waals surface area (Å²) < 4.78 is 68.3. The van der Waals surface area contributed by atoms with Crippen LogP contribution in [0.15, 0.2) is 107 Å². The van der Waals surface area contributed by atoms with Gasteiger partial charge in [-0.05, 0) is 121 Å². The summed E-state index contributed by atoms with van der Waals surface area (Å²) in [5, 5.41) is 0. The largest absolute Gasteiger partial charge is 0.444 e. The maximum absolute atomic E-state index is 14.4. The molecule has 1 unspecified atom stereocenters. The summed E-state index contributed by atoms with van der Waals surface area (Å²) in [6.45, 7) is 25.6. The first kappa shape index (κ1) is 68.9. The summed E-state index contributed by atoms with van der Waals surface area (Å²) in [5.41, 5.74) is 2.53. The van der Waals surface area contributed by atoms with Crippen molar-refractivity contribution in [3.63, 3.8) is 0 Å². The number of halogens is 5. The van der Waals surface area contributed by atoms with Gasteiger partial charge in [0.15, 0.2) is 0 Å². The minimum atomic E-state index is -0.661. The number of aromatic nitrogens is 6. The number of hydrogen-bond donors (Lipinski definition) is 1. The first-order chi connectivity index (χ1) is 42.7. The van der Waals surface area contributed by atoms with Crippen molar-refractivity contribution in [3.8, 4) is 0 Å². The summed E-state index contributed by atoms with van der Waals surface area (Å²) in [5.74, 6) is -2.77. The van der Waals surface area contributed by atoms with Gasteiger partial charge in [0.25, 0.3) is 0 Å². The van der Waals surface area contributed by atoms with E-state index in [2.05, 4.69) is 52.6 Å². The van der Waals surface area contributed by atoms with Crippen molar-refractivity contribution in [2.75, 3.05) is 54.9 Å². The van der Waals surface area contributed by atoms with Crippen LogP contribution in [0.5, 0.6) is 0 Å². The van der Waals surface area contributed by atoms with Crippen LogP contribution in [-0.2, 0) is 49.3 Å². The van der Waals surface area contributed by atoms with Crippen LogP contribution >= 0.6 is 11.6 Å². The number of nitrogens with zero attached hydrogens (tertiary/aromatic N) is 10. The van der Waals surface area contributed by atoms with Gasteiger partial charge in [-0.2, -0.15) is 0 Å². The van der Waals surface area contributed by atoms with Crippen molar-refractivity contribution in [1.29, 1.82) is 0 Å². The monoisotopic (exact) mass is 1280 g/mol. The lowest BCUT2D eigenvalue weighted by atomic mass is 9.79. The van der Waals surface area contributed by atoms with E-state index in [4.69, 9.17) is 21.1 Å². The SMILES string of the molecule is C[C@@H]1CC(CC(=O)N2CC(C)(C)c3cnc(Cc4ccc(F)cc4F)cc32)[C@@H](Cn2cccnc2=O)CN1C(=O)OC(C)(C)C.C[C@@H]1CN(CC(=O)N2CC(C)(C)c3cnc(Cc4ccc(F)cc4F)cc32)[C@@H](CCl)CN1C(=O)OC(C)(C)C.O=c1nccc[nH]1. The quantitative estimate of drug-likeness (QED) is 0.0947. The van der Waals surface area contributed by atoms with E-state index >= 15 is 0 Å². The van der Waals surface area contributed by atoms with E-state index in [1.807, 2.05) is 72.4 Å². The molecule has 0 bridgehead atoms. The Labute approximate surface area is 533 Å². The number of piperidine rings is 1. The summed E-state index contributed by atoms with van der Waals surface area (Å²) >= 11 is 6.31. The number of ether oxygens (including phenoxy) is 2. The van der Waals surface area contributed by atoms with Gasteiger partial charge in [0.1, 0.15) is 34.5 Å². The molecule has 1 N–H and O–H groups in total. The number of rotatable bonds is 11. The van der Waals surface area contributed by atoms with Crippen molar-refractivity contribution in [2.24, 2.45) is 11.8 Å². The second-order valence-corrected chi connectivity index (χ2v) is 27.5. The lowest BCUT2D eigenvalue weighted by Gasteiger charge is -2.44. The van der Waals surface area contributed by atoms with Crippen LogP contribution in [-0.4, -0.2) is 143 Å². The lowest BCUT2D eigenvalue weighted by molar-refractivity contribution is -0.121. The van der Waals surface area contributed by atoms with Gasteiger partial charge >= 0.3 is 23.6 Å². The number of hydrogen-bond acceptors (Lipinski definition) is 13. The smallest absolute Gasteiger partial charge is 0.410 e. The molecule has 8 heterocycles. The number of carbonyl (C=O) groups excluding carboxylic acids is 4. The zero-order valence-electron chi connectivity index (χ0n) is 53.7. The van der Waals surface area contributed by atoms with Crippen LogP contribution in [0.1, 0.15) is 130 Å². The Morgan fingerprint density at radius 3 is 1.64 bits per heavy atom. The van der Waals surface area contributed by atoms with Gasteiger partial charge in [-0.3, -0.25) is 29.0 Å². The normalized spacial score (nSPS) is 20.1. The molecule has 5 atom stereocenters. The highest BCUT2D eigenvalue weighted by Crippen LogP contribution is 2.44. The van der Waals surface area contributed by atoms with Crippen LogP contribution in [0.2, 0.25) is 0 Å². The van der Waals surface area contributed by atoms with Crippen molar-refractivity contribution >= 4 is 47.0 Å². The Balaban J connectivity index is 0.000000213. The third-order valence-corrected chi connectivity index (χ3v) is 17.0. The van der Waals surface area contributed by atoms with Gasteiger partial charge in [-0.25, -0.2) is 46.7 Å². The Morgan fingerprint density at radius 1 is 0.659 bits per heavy atom. The molecule has 4 aromatic heterocycles. The number of aromatic amines is 1. The number of piperazine rings is 1. The third kappa shape index (κ3) is 17.5. The second kappa shape index (κ2) is 28.2. The molecular formula is C67H82ClF4N11O8. The van der Waals surface area contributed by atoms with E-state index < -0.39 is 46.3 Å². The lowest BCUT2D eigenvalue weighted by Crippen LogP contribution is -2.61. The maximum atomic E-state index is 14.4. The first-order valence-electron chi connectivity index (χ1n) is 30.5. The van der Waals surface area contributed by atoms with Crippen LogP contribution in [0.25, 0.3) is 0 Å². The molecule has 2 fully saturated rings. The van der Waals surface area contributed by atoms with Gasteiger partial charge < -0.3 is 34.1 Å². The van der Waals surface area contributed by atoms with Crippen LogP contribution < -0.4 is 21.2 Å². The van der Waals surface area contributed by atoms with Crippen LogP contribution in [0.3, 0.4) is 0 Å². The number of H-pyrrole nitrogens is 1. The van der Waals surface area contributed by atoms with Crippen molar-refractivity contribution < 1.29 is 46.2 Å². The molecule has 91 heavy (non-hydrogen) atoms. The minimum Gasteiger partial charge on any atom is -0.444 e. The molecule has 0 aliphatic carbocycles. The molecule has 488 valence electrons. The molecule has 0 saturated carbocycles. The maximum Gasteiger partial charge on any atom is 0.410 e. The number of anilines is 2. The average Bonchev–Trinajstić information content (AvgIpc) is 1.67. The molecule has 19 nitrogen and oxygen atoms in total. The number of nitrogens with one attached hydrogen (secondary N) is 1. The molecule has 4 aliphatic heterocycles. The number of benzene rings is 2. The van der Waals surface area contributed by atoms with E-state index in [9.17, 15) is 46.3 Å². The van der Waals surface area contributed by atoms with Gasteiger partial charge in [-0.1, -0.05) is 39.8 Å². The molecule has 6 aromatic rings. The summed E-state index contributed by atoms with van der Waals surface area (Å²) in [6, 6.07) is 13.4. The predicted octanol–water partition coefficient (Wildman–Crippen LogP) is 10.4. The Morgan fingerprint density at radius 2 is 1.18 bits per heavy atom. The molecular weight excluding hydrogens is 1200 g/mol.